The molecule has 3 rings (SSSR count). The lowest BCUT2D eigenvalue weighted by molar-refractivity contribution is -0.124. The predicted octanol–water partition coefficient (Wildman–Crippen LogP) is 4.87. The summed E-state index contributed by atoms with van der Waals surface area (Å²) >= 11 is 5.88. The maximum absolute atomic E-state index is 12.8. The van der Waals surface area contributed by atoms with Crippen LogP contribution in [0.15, 0.2) is 78.9 Å². The van der Waals surface area contributed by atoms with E-state index in [4.69, 9.17) is 16.3 Å². The molecule has 5 nitrogen and oxygen atoms in total. The van der Waals surface area contributed by atoms with E-state index in [0.29, 0.717) is 10.6 Å². The molecule has 1 N–H and O–H groups in total. The van der Waals surface area contributed by atoms with Gasteiger partial charge in [0, 0.05) is 22.2 Å². The Morgan fingerprint density at radius 2 is 1.50 bits per heavy atom. The molecular weight excluding hydrogens is 426 g/mol. The van der Waals surface area contributed by atoms with Gasteiger partial charge in [-0.25, -0.2) is 4.79 Å². The first-order valence-electron chi connectivity index (χ1n) is 10.3. The Kier molecular flexibility index (Phi) is 8.17. The number of hydrogen-bond donors (Lipinski definition) is 1. The number of halogens is 1. The van der Waals surface area contributed by atoms with Gasteiger partial charge in [-0.1, -0.05) is 60.1 Å². The summed E-state index contributed by atoms with van der Waals surface area (Å²) in [6, 6.07) is 22.7. The smallest absolute Gasteiger partial charge is 0.339 e. The van der Waals surface area contributed by atoms with Crippen molar-refractivity contribution in [2.24, 2.45) is 0 Å². The standard InChI is InChI=1S/C26H24ClNO4/c1-18(11-12-19-7-3-2-4-8-19)28-24(29)17-32-26(31)23-10-6-5-9-22(23)25(30)20-13-15-21(27)16-14-20/h2-10,13-16,18H,11-12,17H2,1H3,(H,28,29)/t18-/m1/s1. The van der Waals surface area contributed by atoms with Crippen LogP contribution in [0.3, 0.4) is 0 Å². The van der Waals surface area contributed by atoms with E-state index in [1.165, 1.54) is 11.6 Å². The molecule has 0 aliphatic rings. The van der Waals surface area contributed by atoms with Crippen molar-refractivity contribution in [1.29, 1.82) is 0 Å². The van der Waals surface area contributed by atoms with E-state index in [1.54, 1.807) is 42.5 Å². The Balaban J connectivity index is 1.55. The van der Waals surface area contributed by atoms with Gasteiger partial charge in [0.1, 0.15) is 0 Å². The molecular formula is C26H24ClNO4. The fraction of sp³-hybridized carbons (Fsp3) is 0.192. The summed E-state index contributed by atoms with van der Waals surface area (Å²) in [5, 5.41) is 3.34. The van der Waals surface area contributed by atoms with Crippen molar-refractivity contribution in [2.45, 2.75) is 25.8 Å². The third kappa shape index (κ3) is 6.53. The Labute approximate surface area is 192 Å². The molecule has 1 atom stereocenters. The number of rotatable bonds is 9. The molecule has 0 radical (unpaired) electrons. The average molecular weight is 450 g/mol. The van der Waals surface area contributed by atoms with Crippen molar-refractivity contribution in [2.75, 3.05) is 6.61 Å². The van der Waals surface area contributed by atoms with Crippen molar-refractivity contribution in [1.82, 2.24) is 5.32 Å². The Morgan fingerprint density at radius 1 is 0.875 bits per heavy atom. The van der Waals surface area contributed by atoms with Crippen molar-refractivity contribution in [3.63, 3.8) is 0 Å². The zero-order chi connectivity index (χ0) is 22.9. The molecule has 0 spiro atoms. The van der Waals surface area contributed by atoms with Crippen LogP contribution in [0.2, 0.25) is 5.02 Å². The van der Waals surface area contributed by atoms with Crippen molar-refractivity contribution in [3.05, 3.63) is 106 Å². The van der Waals surface area contributed by atoms with Crippen LogP contribution in [0, 0.1) is 0 Å². The molecule has 0 aliphatic carbocycles. The van der Waals surface area contributed by atoms with Gasteiger partial charge in [-0.15, -0.1) is 0 Å². The second-order valence-electron chi connectivity index (χ2n) is 7.45. The van der Waals surface area contributed by atoms with Gasteiger partial charge in [-0.05, 0) is 55.7 Å². The molecule has 0 saturated carbocycles. The first-order chi connectivity index (χ1) is 15.4. The first-order valence-corrected chi connectivity index (χ1v) is 10.7. The molecule has 0 unspecified atom stereocenters. The molecule has 0 bridgehead atoms. The van der Waals surface area contributed by atoms with E-state index < -0.39 is 12.6 Å². The Bertz CT molecular complexity index is 1080. The summed E-state index contributed by atoms with van der Waals surface area (Å²) in [6.07, 6.45) is 1.60. The number of nitrogens with one attached hydrogen (secondary N) is 1. The minimum atomic E-state index is -0.727. The summed E-state index contributed by atoms with van der Waals surface area (Å²) in [4.78, 5) is 37.6. The lowest BCUT2D eigenvalue weighted by atomic mass is 9.98. The highest BCUT2D eigenvalue weighted by molar-refractivity contribution is 6.30. The maximum atomic E-state index is 12.8. The topological polar surface area (TPSA) is 72.5 Å². The molecule has 0 aliphatic heterocycles. The second-order valence-corrected chi connectivity index (χ2v) is 7.89. The molecule has 0 fully saturated rings. The molecule has 0 saturated heterocycles. The van der Waals surface area contributed by atoms with Gasteiger partial charge < -0.3 is 10.1 Å². The fourth-order valence-electron chi connectivity index (χ4n) is 3.24. The van der Waals surface area contributed by atoms with E-state index in [9.17, 15) is 14.4 Å². The van der Waals surface area contributed by atoms with Gasteiger partial charge in [-0.2, -0.15) is 0 Å². The van der Waals surface area contributed by atoms with Crippen LogP contribution in [-0.4, -0.2) is 30.3 Å². The molecule has 1 amide bonds. The van der Waals surface area contributed by atoms with Crippen LogP contribution >= 0.6 is 11.6 Å². The van der Waals surface area contributed by atoms with E-state index in [1.807, 2.05) is 37.3 Å². The van der Waals surface area contributed by atoms with Crippen molar-refractivity contribution >= 4 is 29.3 Å². The molecule has 32 heavy (non-hydrogen) atoms. The number of benzene rings is 3. The Morgan fingerprint density at radius 3 is 2.19 bits per heavy atom. The monoisotopic (exact) mass is 449 g/mol. The summed E-state index contributed by atoms with van der Waals surface area (Å²) in [5.74, 6) is -1.44. The number of amides is 1. The van der Waals surface area contributed by atoms with Gasteiger partial charge in [0.05, 0.1) is 5.56 Å². The summed E-state index contributed by atoms with van der Waals surface area (Å²) in [6.45, 7) is 1.49. The quantitative estimate of drug-likeness (QED) is 0.374. The number of ether oxygens (including phenoxy) is 1. The number of carbonyl (C=O) groups excluding carboxylic acids is 3. The van der Waals surface area contributed by atoms with Crippen molar-refractivity contribution < 1.29 is 19.1 Å². The lowest BCUT2D eigenvalue weighted by Gasteiger charge is -2.14. The van der Waals surface area contributed by atoms with Gasteiger partial charge >= 0.3 is 5.97 Å². The fourth-order valence-corrected chi connectivity index (χ4v) is 3.37. The number of hydrogen-bond acceptors (Lipinski definition) is 4. The van der Waals surface area contributed by atoms with E-state index >= 15 is 0 Å². The molecule has 0 aromatic heterocycles. The van der Waals surface area contributed by atoms with Gasteiger partial charge in [0.25, 0.3) is 5.91 Å². The summed E-state index contributed by atoms with van der Waals surface area (Å²) < 4.78 is 5.18. The highest BCUT2D eigenvalue weighted by Crippen LogP contribution is 2.18. The van der Waals surface area contributed by atoms with Crippen molar-refractivity contribution in [3.8, 4) is 0 Å². The number of carbonyl (C=O) groups is 3. The SMILES string of the molecule is C[C@H](CCc1ccccc1)NC(=O)COC(=O)c1ccccc1C(=O)c1ccc(Cl)cc1. The molecule has 0 heterocycles. The normalized spacial score (nSPS) is 11.4. The van der Waals surface area contributed by atoms with Crippen LogP contribution < -0.4 is 5.32 Å². The molecule has 6 heteroatoms. The van der Waals surface area contributed by atoms with Gasteiger partial charge in [0.2, 0.25) is 0 Å². The van der Waals surface area contributed by atoms with Crippen LogP contribution in [0.1, 0.15) is 45.2 Å². The van der Waals surface area contributed by atoms with Gasteiger partial charge in [-0.3, -0.25) is 9.59 Å². The summed E-state index contributed by atoms with van der Waals surface area (Å²) in [7, 11) is 0. The number of esters is 1. The zero-order valence-corrected chi connectivity index (χ0v) is 18.5. The van der Waals surface area contributed by atoms with E-state index in [0.717, 1.165) is 12.8 Å². The van der Waals surface area contributed by atoms with E-state index in [2.05, 4.69) is 5.32 Å². The average Bonchev–Trinajstić information content (AvgIpc) is 2.82. The van der Waals surface area contributed by atoms with Crippen LogP contribution in [0.25, 0.3) is 0 Å². The molecule has 3 aromatic carbocycles. The minimum Gasteiger partial charge on any atom is -0.452 e. The zero-order valence-electron chi connectivity index (χ0n) is 17.7. The highest BCUT2D eigenvalue weighted by atomic mass is 35.5. The maximum Gasteiger partial charge on any atom is 0.339 e. The van der Waals surface area contributed by atoms with Gasteiger partial charge in [0.15, 0.2) is 12.4 Å². The van der Waals surface area contributed by atoms with Crippen LogP contribution in [0.4, 0.5) is 0 Å². The third-order valence-electron chi connectivity index (χ3n) is 4.95. The number of ketones is 1. The first kappa shape index (κ1) is 23.2. The minimum absolute atomic E-state index is 0.0693. The molecule has 3 aromatic rings. The predicted molar refractivity (Wildman–Crippen MR) is 124 cm³/mol. The lowest BCUT2D eigenvalue weighted by Crippen LogP contribution is -2.36. The second kappa shape index (κ2) is 11.3. The highest BCUT2D eigenvalue weighted by Gasteiger charge is 2.20. The number of aryl methyl sites for hydroxylation is 1. The largest absolute Gasteiger partial charge is 0.452 e. The Hall–Kier alpha value is -3.44. The van der Waals surface area contributed by atoms with Crippen LogP contribution in [-0.2, 0) is 16.0 Å². The van der Waals surface area contributed by atoms with Crippen LogP contribution in [0.5, 0.6) is 0 Å². The third-order valence-corrected chi connectivity index (χ3v) is 5.20. The van der Waals surface area contributed by atoms with E-state index in [-0.39, 0.29) is 28.9 Å². The summed E-state index contributed by atoms with van der Waals surface area (Å²) in [5.41, 5.74) is 1.91. The molecule has 164 valence electrons.